The maximum Gasteiger partial charge on any atom is 0.335 e. The van der Waals surface area contributed by atoms with Crippen molar-refractivity contribution < 1.29 is 23.7 Å². The average molecular weight is 611 g/mol. The molecule has 46 heavy (non-hydrogen) atoms. The molecular formula is C41H38O5. The van der Waals surface area contributed by atoms with Gasteiger partial charge in [-0.1, -0.05) is 109 Å². The van der Waals surface area contributed by atoms with Crippen LogP contribution < -0.4 is 4.74 Å². The molecule has 2 unspecified atom stereocenters. The highest BCUT2D eigenvalue weighted by molar-refractivity contribution is 5.81. The molecule has 0 fully saturated rings. The second-order valence-corrected chi connectivity index (χ2v) is 11.2. The molecule has 0 amide bonds. The zero-order chi connectivity index (χ0) is 31.7. The van der Waals surface area contributed by atoms with Gasteiger partial charge in [0.2, 0.25) is 0 Å². The van der Waals surface area contributed by atoms with Crippen LogP contribution in [-0.4, -0.2) is 39.0 Å². The molecule has 0 saturated carbocycles. The van der Waals surface area contributed by atoms with E-state index in [1.54, 1.807) is 6.92 Å². The first-order valence-corrected chi connectivity index (χ1v) is 15.7. The van der Waals surface area contributed by atoms with E-state index in [0.29, 0.717) is 26.2 Å². The number of esters is 1. The van der Waals surface area contributed by atoms with Crippen molar-refractivity contribution in [1.29, 1.82) is 0 Å². The molecule has 232 valence electrons. The Hall–Kier alpha value is -4.97. The van der Waals surface area contributed by atoms with E-state index in [-0.39, 0.29) is 12.1 Å². The Labute approximate surface area is 271 Å². The molecule has 0 heterocycles. The third-order valence-corrected chi connectivity index (χ3v) is 8.21. The van der Waals surface area contributed by atoms with Gasteiger partial charge in [-0.05, 0) is 81.3 Å². The van der Waals surface area contributed by atoms with Crippen molar-refractivity contribution in [2.24, 2.45) is 0 Å². The summed E-state index contributed by atoms with van der Waals surface area (Å²) >= 11 is 0. The van der Waals surface area contributed by atoms with Crippen molar-refractivity contribution in [3.8, 4) is 28.0 Å². The predicted octanol–water partition coefficient (Wildman–Crippen LogP) is 8.81. The van der Waals surface area contributed by atoms with Gasteiger partial charge in [0.25, 0.3) is 0 Å². The van der Waals surface area contributed by atoms with Crippen LogP contribution in [0.25, 0.3) is 34.4 Å². The molecule has 0 bridgehead atoms. The van der Waals surface area contributed by atoms with E-state index in [0.717, 1.165) is 39.1 Å². The number of fused-ring (bicyclic) bond motifs is 2. The maximum absolute atomic E-state index is 12.1. The first-order valence-electron chi connectivity index (χ1n) is 15.7. The van der Waals surface area contributed by atoms with Gasteiger partial charge < -0.3 is 18.9 Å². The third-order valence-electron chi connectivity index (χ3n) is 8.21. The fraction of sp³-hybridized carbons (Fsp3) is 0.195. The van der Waals surface area contributed by atoms with Crippen LogP contribution in [0.15, 0.2) is 121 Å². The molecule has 0 aliphatic heterocycles. The summed E-state index contributed by atoms with van der Waals surface area (Å²) in [5, 5.41) is 0. The predicted molar refractivity (Wildman–Crippen MR) is 184 cm³/mol. The lowest BCUT2D eigenvalue weighted by atomic mass is 9.91. The lowest BCUT2D eigenvalue weighted by Crippen LogP contribution is -2.27. The van der Waals surface area contributed by atoms with Gasteiger partial charge >= 0.3 is 5.97 Å². The van der Waals surface area contributed by atoms with Gasteiger partial charge in [0.1, 0.15) is 18.5 Å². The molecule has 5 nitrogen and oxygen atoms in total. The summed E-state index contributed by atoms with van der Waals surface area (Å²) in [6, 6.07) is 41.8. The Kier molecular flexibility index (Phi) is 10.0. The molecular weight excluding hydrogens is 572 g/mol. The van der Waals surface area contributed by atoms with Crippen LogP contribution >= 0.6 is 0 Å². The molecule has 1 aliphatic carbocycles. The first-order chi connectivity index (χ1) is 22.6. The van der Waals surface area contributed by atoms with Gasteiger partial charge in [-0.25, -0.2) is 4.79 Å². The fourth-order valence-electron chi connectivity index (χ4n) is 5.82. The van der Waals surface area contributed by atoms with Gasteiger partial charge in [0, 0.05) is 13.5 Å². The van der Waals surface area contributed by atoms with Crippen molar-refractivity contribution in [2.45, 2.75) is 25.6 Å². The highest BCUT2D eigenvalue weighted by Gasteiger charge is 2.24. The van der Waals surface area contributed by atoms with Gasteiger partial charge in [0.15, 0.2) is 6.10 Å². The standard InChI is InChI=1S/C41H38O5/c1-3-44-41(42)39(43-2)26-29-14-21-36(22-15-29)45-24-25-46-40-37-23-20-33(30-10-6-4-7-11-30)27-35(37)19-17-32-16-18-34(28-38(32)40)31-12-8-5-9-13-31/h4-23,27-28,39-40H,3,24-26H2,1-2H3. The zero-order valence-corrected chi connectivity index (χ0v) is 26.2. The summed E-state index contributed by atoms with van der Waals surface area (Å²) in [7, 11) is 1.52. The molecule has 0 saturated heterocycles. The highest BCUT2D eigenvalue weighted by atomic mass is 16.6. The molecule has 6 rings (SSSR count). The highest BCUT2D eigenvalue weighted by Crippen LogP contribution is 2.39. The number of methoxy groups -OCH3 is 1. The molecule has 0 spiro atoms. The quantitative estimate of drug-likeness (QED) is 0.104. The zero-order valence-electron chi connectivity index (χ0n) is 26.2. The molecule has 1 aliphatic rings. The largest absolute Gasteiger partial charge is 0.491 e. The number of benzene rings is 5. The Morgan fingerprint density at radius 3 is 2.00 bits per heavy atom. The monoisotopic (exact) mass is 610 g/mol. The van der Waals surface area contributed by atoms with Crippen molar-refractivity contribution in [3.63, 3.8) is 0 Å². The first kappa shape index (κ1) is 31.0. The lowest BCUT2D eigenvalue weighted by Gasteiger charge is -2.22. The molecule has 0 radical (unpaired) electrons. The van der Waals surface area contributed by atoms with E-state index in [1.807, 2.05) is 36.4 Å². The van der Waals surface area contributed by atoms with Gasteiger partial charge in [0.05, 0.1) is 13.2 Å². The normalized spacial score (nSPS) is 14.1. The summed E-state index contributed by atoms with van der Waals surface area (Å²) in [5.41, 5.74) is 10.2. The van der Waals surface area contributed by atoms with Crippen LogP contribution in [0, 0.1) is 0 Å². The Balaban J connectivity index is 1.20. The van der Waals surface area contributed by atoms with Gasteiger partial charge in [-0.3, -0.25) is 0 Å². The number of carbonyl (C=O) groups is 1. The van der Waals surface area contributed by atoms with Crippen molar-refractivity contribution in [2.75, 3.05) is 26.9 Å². The minimum atomic E-state index is -0.633. The summed E-state index contributed by atoms with van der Waals surface area (Å²) in [6.07, 6.45) is 3.92. The molecule has 2 atom stereocenters. The molecule has 5 aromatic carbocycles. The van der Waals surface area contributed by atoms with Crippen molar-refractivity contribution in [3.05, 3.63) is 149 Å². The van der Waals surface area contributed by atoms with E-state index in [2.05, 4.69) is 97.1 Å². The number of hydrogen-bond acceptors (Lipinski definition) is 5. The second-order valence-electron chi connectivity index (χ2n) is 11.2. The molecule has 0 aromatic heterocycles. The SMILES string of the molecule is CCOC(=O)C(Cc1ccc(OCCOC2c3ccc(-c4ccccc4)cc3C=Cc3ccc(-c4ccccc4)cc32)cc1)OC. The van der Waals surface area contributed by atoms with Crippen LogP contribution in [0.4, 0.5) is 0 Å². The van der Waals surface area contributed by atoms with Crippen molar-refractivity contribution in [1.82, 2.24) is 0 Å². The Bertz CT molecular complexity index is 1780. The fourth-order valence-corrected chi connectivity index (χ4v) is 5.82. The summed E-state index contributed by atoms with van der Waals surface area (Å²) in [5.74, 6) is 0.381. The van der Waals surface area contributed by atoms with Crippen molar-refractivity contribution >= 4 is 18.1 Å². The second kappa shape index (κ2) is 14.9. The van der Waals surface area contributed by atoms with E-state index < -0.39 is 6.10 Å². The summed E-state index contributed by atoms with van der Waals surface area (Å²) in [4.78, 5) is 12.1. The smallest absolute Gasteiger partial charge is 0.335 e. The Morgan fingerprint density at radius 1 is 0.674 bits per heavy atom. The van der Waals surface area contributed by atoms with Gasteiger partial charge in [-0.15, -0.1) is 0 Å². The number of rotatable bonds is 12. The van der Waals surface area contributed by atoms with E-state index in [9.17, 15) is 4.79 Å². The average Bonchev–Trinajstić information content (AvgIpc) is 3.26. The minimum Gasteiger partial charge on any atom is -0.491 e. The van der Waals surface area contributed by atoms with Crippen LogP contribution in [0.3, 0.4) is 0 Å². The molecule has 0 N–H and O–H groups in total. The maximum atomic E-state index is 12.1. The topological polar surface area (TPSA) is 54.0 Å². The third kappa shape index (κ3) is 7.28. The van der Waals surface area contributed by atoms with E-state index >= 15 is 0 Å². The Morgan fingerprint density at radius 2 is 1.33 bits per heavy atom. The lowest BCUT2D eigenvalue weighted by molar-refractivity contribution is -0.154. The van der Waals surface area contributed by atoms with E-state index in [4.69, 9.17) is 18.9 Å². The van der Waals surface area contributed by atoms with Crippen LogP contribution in [0.2, 0.25) is 0 Å². The van der Waals surface area contributed by atoms with Crippen LogP contribution in [0.5, 0.6) is 5.75 Å². The van der Waals surface area contributed by atoms with Crippen LogP contribution in [-0.2, 0) is 25.4 Å². The molecule has 5 heteroatoms. The van der Waals surface area contributed by atoms with E-state index in [1.165, 1.54) is 23.8 Å². The minimum absolute atomic E-state index is 0.270. The summed E-state index contributed by atoms with van der Waals surface area (Å²) < 4.78 is 23.2. The number of ether oxygens (including phenoxy) is 4. The molecule has 5 aromatic rings. The van der Waals surface area contributed by atoms with Gasteiger partial charge in [-0.2, -0.15) is 0 Å². The number of carbonyl (C=O) groups excluding carboxylic acids is 1. The summed E-state index contributed by atoms with van der Waals surface area (Å²) in [6.45, 7) is 2.90. The number of hydrogen-bond donors (Lipinski definition) is 0. The van der Waals surface area contributed by atoms with Crippen LogP contribution in [0.1, 0.15) is 40.8 Å².